The van der Waals surface area contributed by atoms with Crippen LogP contribution in [-0.4, -0.2) is 35.4 Å². The van der Waals surface area contributed by atoms with Gasteiger partial charge in [-0.1, -0.05) is 0 Å². The highest BCUT2D eigenvalue weighted by Crippen LogP contribution is 2.14. The van der Waals surface area contributed by atoms with Gasteiger partial charge in [-0.15, -0.1) is 0 Å². The highest BCUT2D eigenvalue weighted by molar-refractivity contribution is 5.95. The zero-order valence-electron chi connectivity index (χ0n) is 11.9. The number of rotatable bonds is 5. The second kappa shape index (κ2) is 6.74. The molecular formula is C14H20N4O. The Morgan fingerprint density at radius 3 is 2.74 bits per heavy atom. The number of nitrogens with one attached hydrogen (secondary N) is 1. The van der Waals surface area contributed by atoms with Crippen molar-refractivity contribution in [3.63, 3.8) is 0 Å². The number of anilines is 1. The molecule has 0 fully saturated rings. The van der Waals surface area contributed by atoms with E-state index in [0.717, 1.165) is 5.69 Å². The van der Waals surface area contributed by atoms with Crippen molar-refractivity contribution in [2.45, 2.75) is 33.2 Å². The van der Waals surface area contributed by atoms with E-state index in [0.29, 0.717) is 24.3 Å². The molecule has 0 saturated carbocycles. The van der Waals surface area contributed by atoms with Gasteiger partial charge in [0.25, 0.3) is 5.91 Å². The molecule has 0 aliphatic rings. The lowest BCUT2D eigenvalue weighted by Crippen LogP contribution is -2.37. The van der Waals surface area contributed by atoms with Gasteiger partial charge in [0.2, 0.25) is 0 Å². The van der Waals surface area contributed by atoms with E-state index < -0.39 is 0 Å². The van der Waals surface area contributed by atoms with Gasteiger partial charge in [0.15, 0.2) is 0 Å². The van der Waals surface area contributed by atoms with E-state index >= 15 is 0 Å². The molecule has 102 valence electrons. The van der Waals surface area contributed by atoms with Crippen molar-refractivity contribution in [1.82, 2.24) is 9.88 Å². The van der Waals surface area contributed by atoms with E-state index in [4.69, 9.17) is 5.26 Å². The normalized spacial score (nSPS) is 10.1. The predicted octanol–water partition coefficient (Wildman–Crippen LogP) is 2.20. The topological polar surface area (TPSA) is 69.0 Å². The van der Waals surface area contributed by atoms with E-state index in [1.54, 1.807) is 24.1 Å². The molecular weight excluding hydrogens is 240 g/mol. The largest absolute Gasteiger partial charge is 0.373 e. The Morgan fingerprint density at radius 2 is 2.21 bits per heavy atom. The molecule has 0 unspecified atom stereocenters. The van der Waals surface area contributed by atoms with Crippen molar-refractivity contribution in [1.29, 1.82) is 5.26 Å². The highest BCUT2D eigenvalue weighted by atomic mass is 16.2. The molecule has 1 aromatic rings. The summed E-state index contributed by atoms with van der Waals surface area (Å²) in [6.07, 6.45) is 0.340. The average molecular weight is 260 g/mol. The number of hydrogen-bond acceptors (Lipinski definition) is 4. The SMILES string of the molecule is CNc1cc(C(=O)N(CCC#N)C(C)C)cc(C)n1. The van der Waals surface area contributed by atoms with Crippen LogP contribution in [0, 0.1) is 18.3 Å². The fourth-order valence-corrected chi connectivity index (χ4v) is 1.85. The summed E-state index contributed by atoms with van der Waals surface area (Å²) in [5.41, 5.74) is 1.39. The Morgan fingerprint density at radius 1 is 1.53 bits per heavy atom. The van der Waals surface area contributed by atoms with Crippen LogP contribution in [0.2, 0.25) is 0 Å². The number of carbonyl (C=O) groups is 1. The third-order valence-corrected chi connectivity index (χ3v) is 2.81. The minimum atomic E-state index is -0.0627. The molecule has 0 aromatic carbocycles. The summed E-state index contributed by atoms with van der Waals surface area (Å²) in [6, 6.07) is 5.64. The quantitative estimate of drug-likeness (QED) is 0.881. The predicted molar refractivity (Wildman–Crippen MR) is 74.9 cm³/mol. The van der Waals surface area contributed by atoms with E-state index in [9.17, 15) is 4.79 Å². The molecule has 19 heavy (non-hydrogen) atoms. The molecule has 0 radical (unpaired) electrons. The summed E-state index contributed by atoms with van der Waals surface area (Å²) in [5.74, 6) is 0.611. The van der Waals surface area contributed by atoms with Crippen LogP contribution in [0.1, 0.15) is 36.3 Å². The number of aromatic nitrogens is 1. The van der Waals surface area contributed by atoms with Gasteiger partial charge in [-0.05, 0) is 32.9 Å². The minimum absolute atomic E-state index is 0.0624. The first-order chi connectivity index (χ1) is 8.99. The Bertz CT molecular complexity index is 491. The molecule has 1 rings (SSSR count). The van der Waals surface area contributed by atoms with E-state index in [2.05, 4.69) is 16.4 Å². The maximum atomic E-state index is 12.5. The van der Waals surface area contributed by atoms with E-state index in [1.165, 1.54) is 0 Å². The highest BCUT2D eigenvalue weighted by Gasteiger charge is 2.19. The summed E-state index contributed by atoms with van der Waals surface area (Å²) in [5, 5.41) is 11.6. The minimum Gasteiger partial charge on any atom is -0.373 e. The number of pyridine rings is 1. The molecule has 1 N–H and O–H groups in total. The lowest BCUT2D eigenvalue weighted by atomic mass is 10.1. The standard InChI is InChI=1S/C14H20N4O/c1-10(2)18(7-5-6-15)14(19)12-8-11(3)17-13(9-12)16-4/h8-10H,5,7H2,1-4H3,(H,16,17). The van der Waals surface area contributed by atoms with Gasteiger partial charge in [-0.25, -0.2) is 4.98 Å². The molecule has 0 aliphatic heterocycles. The Hall–Kier alpha value is -2.09. The van der Waals surface area contributed by atoms with Crippen LogP contribution in [0.5, 0.6) is 0 Å². The summed E-state index contributed by atoms with van der Waals surface area (Å²) in [6.45, 7) is 6.19. The van der Waals surface area contributed by atoms with Gasteiger partial charge >= 0.3 is 0 Å². The molecule has 1 aromatic heterocycles. The van der Waals surface area contributed by atoms with Crippen LogP contribution in [0.3, 0.4) is 0 Å². The second-order valence-corrected chi connectivity index (χ2v) is 4.63. The molecule has 0 saturated heterocycles. The molecule has 0 bridgehead atoms. The lowest BCUT2D eigenvalue weighted by molar-refractivity contribution is 0.0710. The zero-order valence-corrected chi connectivity index (χ0v) is 11.9. The number of amides is 1. The van der Waals surface area contributed by atoms with Crippen LogP contribution in [-0.2, 0) is 0 Å². The first-order valence-electron chi connectivity index (χ1n) is 6.34. The lowest BCUT2D eigenvalue weighted by Gasteiger charge is -2.26. The number of aryl methyl sites for hydroxylation is 1. The molecule has 1 heterocycles. The monoisotopic (exact) mass is 260 g/mol. The van der Waals surface area contributed by atoms with Crippen LogP contribution in [0.4, 0.5) is 5.82 Å². The number of nitrogens with zero attached hydrogens (tertiary/aromatic N) is 3. The van der Waals surface area contributed by atoms with Crippen molar-refractivity contribution in [2.24, 2.45) is 0 Å². The summed E-state index contributed by atoms with van der Waals surface area (Å²) >= 11 is 0. The second-order valence-electron chi connectivity index (χ2n) is 4.63. The third-order valence-electron chi connectivity index (χ3n) is 2.81. The Kier molecular flexibility index (Phi) is 5.31. The maximum absolute atomic E-state index is 12.5. The van der Waals surface area contributed by atoms with E-state index in [-0.39, 0.29) is 11.9 Å². The summed E-state index contributed by atoms with van der Waals surface area (Å²) in [7, 11) is 1.77. The maximum Gasteiger partial charge on any atom is 0.254 e. The van der Waals surface area contributed by atoms with Gasteiger partial charge in [0, 0.05) is 30.9 Å². The van der Waals surface area contributed by atoms with Crippen LogP contribution >= 0.6 is 0 Å². The van der Waals surface area contributed by atoms with Crippen LogP contribution in [0.15, 0.2) is 12.1 Å². The molecule has 1 amide bonds. The van der Waals surface area contributed by atoms with E-state index in [1.807, 2.05) is 20.8 Å². The summed E-state index contributed by atoms with van der Waals surface area (Å²) < 4.78 is 0. The van der Waals surface area contributed by atoms with Gasteiger partial charge in [0.1, 0.15) is 5.82 Å². The fourth-order valence-electron chi connectivity index (χ4n) is 1.85. The Labute approximate surface area is 114 Å². The fraction of sp³-hybridized carbons (Fsp3) is 0.500. The number of carbonyl (C=O) groups excluding carboxylic acids is 1. The molecule has 0 spiro atoms. The third kappa shape index (κ3) is 3.95. The van der Waals surface area contributed by atoms with Crippen molar-refractivity contribution >= 4 is 11.7 Å². The smallest absolute Gasteiger partial charge is 0.254 e. The van der Waals surface area contributed by atoms with Crippen molar-refractivity contribution in [3.8, 4) is 6.07 Å². The van der Waals surface area contributed by atoms with Gasteiger partial charge < -0.3 is 10.2 Å². The number of hydrogen-bond donors (Lipinski definition) is 1. The van der Waals surface area contributed by atoms with Crippen LogP contribution < -0.4 is 5.32 Å². The van der Waals surface area contributed by atoms with Gasteiger partial charge in [0.05, 0.1) is 12.5 Å². The van der Waals surface area contributed by atoms with Gasteiger partial charge in [-0.3, -0.25) is 4.79 Å². The molecule has 0 atom stereocenters. The van der Waals surface area contributed by atoms with Crippen LogP contribution in [0.25, 0.3) is 0 Å². The molecule has 0 aliphatic carbocycles. The first-order valence-corrected chi connectivity index (χ1v) is 6.34. The molecule has 5 heteroatoms. The summed E-state index contributed by atoms with van der Waals surface area (Å²) in [4.78, 5) is 18.4. The first kappa shape index (κ1) is 15.0. The number of nitriles is 1. The Balaban J connectivity index is 3.02. The molecule has 5 nitrogen and oxygen atoms in total. The van der Waals surface area contributed by atoms with Crippen molar-refractivity contribution < 1.29 is 4.79 Å². The van der Waals surface area contributed by atoms with Crippen molar-refractivity contribution in [2.75, 3.05) is 18.9 Å². The van der Waals surface area contributed by atoms with Gasteiger partial charge in [-0.2, -0.15) is 5.26 Å². The average Bonchev–Trinajstić information content (AvgIpc) is 2.37. The zero-order chi connectivity index (χ0) is 14.4. The van der Waals surface area contributed by atoms with Crippen molar-refractivity contribution in [3.05, 3.63) is 23.4 Å².